The molecule has 0 unspecified atom stereocenters. The van der Waals surface area contributed by atoms with Crippen LogP contribution < -0.4 is 5.32 Å². The Hall–Kier alpha value is -2.70. The van der Waals surface area contributed by atoms with E-state index >= 15 is 0 Å². The van der Waals surface area contributed by atoms with Crippen molar-refractivity contribution in [1.29, 1.82) is 0 Å². The minimum Gasteiger partial charge on any atom is -0.349 e. The van der Waals surface area contributed by atoms with Crippen molar-refractivity contribution in [3.63, 3.8) is 0 Å². The first kappa shape index (κ1) is 13.9. The number of para-hydroxylation sites is 2. The highest BCUT2D eigenvalue weighted by molar-refractivity contribution is 5.94. The van der Waals surface area contributed by atoms with Crippen molar-refractivity contribution >= 4 is 16.9 Å². The van der Waals surface area contributed by atoms with Gasteiger partial charge in [0.1, 0.15) is 0 Å². The second-order valence-corrected chi connectivity index (χ2v) is 5.79. The van der Waals surface area contributed by atoms with Crippen molar-refractivity contribution in [2.24, 2.45) is 0 Å². The number of carbonyl (C=O) groups is 1. The fourth-order valence-electron chi connectivity index (χ4n) is 2.62. The third-order valence-electron chi connectivity index (χ3n) is 4.18. The molecule has 0 spiro atoms. The van der Waals surface area contributed by atoms with Crippen molar-refractivity contribution in [3.8, 4) is 0 Å². The van der Waals surface area contributed by atoms with Gasteiger partial charge in [-0.15, -0.1) is 0 Å². The summed E-state index contributed by atoms with van der Waals surface area (Å²) in [5.74, 6) is 1.88. The second-order valence-electron chi connectivity index (χ2n) is 5.79. The molecule has 0 bridgehead atoms. The number of imidazole rings is 1. The van der Waals surface area contributed by atoms with Crippen LogP contribution in [-0.2, 0) is 6.42 Å². The van der Waals surface area contributed by atoms with Crippen molar-refractivity contribution < 1.29 is 9.32 Å². The number of nitrogens with zero attached hydrogens (tertiary/aromatic N) is 3. The predicted octanol–water partition coefficient (Wildman–Crippen LogP) is 2.19. The van der Waals surface area contributed by atoms with Crippen LogP contribution in [0, 0.1) is 0 Å². The van der Waals surface area contributed by atoms with Crippen LogP contribution in [0.15, 0.2) is 28.8 Å². The van der Waals surface area contributed by atoms with Crippen LogP contribution in [0.5, 0.6) is 0 Å². The lowest BCUT2D eigenvalue weighted by Crippen LogP contribution is -2.26. The largest absolute Gasteiger partial charge is 0.349 e. The Morgan fingerprint density at radius 1 is 1.30 bits per heavy atom. The van der Waals surface area contributed by atoms with E-state index in [1.165, 1.54) is 6.42 Å². The molecule has 1 aromatic carbocycles. The molecule has 1 aliphatic rings. The maximum absolute atomic E-state index is 12.1. The normalized spacial score (nSPS) is 14.8. The van der Waals surface area contributed by atoms with Crippen LogP contribution in [0.3, 0.4) is 0 Å². The predicted molar refractivity (Wildman–Crippen MR) is 83.0 cm³/mol. The summed E-state index contributed by atoms with van der Waals surface area (Å²) in [4.78, 5) is 23.8. The van der Waals surface area contributed by atoms with Gasteiger partial charge >= 0.3 is 0 Å². The summed E-state index contributed by atoms with van der Waals surface area (Å²) < 4.78 is 5.26. The number of aromatic amines is 1. The number of nitrogens with one attached hydrogen (secondary N) is 2. The Morgan fingerprint density at radius 2 is 2.17 bits per heavy atom. The van der Waals surface area contributed by atoms with Crippen LogP contribution in [0.2, 0.25) is 0 Å². The van der Waals surface area contributed by atoms with Gasteiger partial charge in [0.15, 0.2) is 11.6 Å². The third kappa shape index (κ3) is 2.81. The maximum Gasteiger partial charge on any atom is 0.287 e. The van der Waals surface area contributed by atoms with E-state index in [4.69, 9.17) is 4.52 Å². The average Bonchev–Trinajstić information content (AvgIpc) is 3.12. The molecule has 2 aromatic heterocycles. The van der Waals surface area contributed by atoms with E-state index in [2.05, 4.69) is 25.4 Å². The standard InChI is InChI=1S/C16H17N5O2/c22-15(14-18-11-6-1-2-7-12(11)19-14)17-9-8-13-20-16(23-21-13)10-4-3-5-10/h1-2,6-7,10H,3-5,8-9H2,(H,17,22)(H,18,19). The van der Waals surface area contributed by atoms with E-state index in [0.29, 0.717) is 30.5 Å². The number of hydrogen-bond donors (Lipinski definition) is 2. The Kier molecular flexibility index (Phi) is 3.53. The van der Waals surface area contributed by atoms with Crippen LogP contribution in [0.1, 0.15) is 47.5 Å². The van der Waals surface area contributed by atoms with Gasteiger partial charge in [-0.25, -0.2) is 4.98 Å². The number of fused-ring (bicyclic) bond motifs is 1. The van der Waals surface area contributed by atoms with E-state index in [1.54, 1.807) is 0 Å². The quantitative estimate of drug-likeness (QED) is 0.753. The van der Waals surface area contributed by atoms with Crippen molar-refractivity contribution in [2.45, 2.75) is 31.6 Å². The number of H-pyrrole nitrogens is 1. The molecule has 7 nitrogen and oxygen atoms in total. The summed E-state index contributed by atoms with van der Waals surface area (Å²) in [7, 11) is 0. The highest BCUT2D eigenvalue weighted by atomic mass is 16.5. The molecule has 0 aliphatic heterocycles. The van der Waals surface area contributed by atoms with Crippen molar-refractivity contribution in [3.05, 3.63) is 41.8 Å². The van der Waals surface area contributed by atoms with E-state index < -0.39 is 0 Å². The summed E-state index contributed by atoms with van der Waals surface area (Å²) in [5, 5.41) is 6.78. The zero-order valence-corrected chi connectivity index (χ0v) is 12.6. The van der Waals surface area contributed by atoms with Gasteiger partial charge in [0.2, 0.25) is 5.89 Å². The van der Waals surface area contributed by atoms with E-state index in [0.717, 1.165) is 29.8 Å². The smallest absolute Gasteiger partial charge is 0.287 e. The number of aromatic nitrogens is 4. The summed E-state index contributed by atoms with van der Waals surface area (Å²) in [6.45, 7) is 0.444. The molecule has 4 rings (SSSR count). The minimum absolute atomic E-state index is 0.232. The molecule has 118 valence electrons. The van der Waals surface area contributed by atoms with Crippen LogP contribution in [0.25, 0.3) is 11.0 Å². The Bertz CT molecular complexity index is 801. The molecule has 0 atom stereocenters. The maximum atomic E-state index is 12.1. The molecule has 2 heterocycles. The lowest BCUT2D eigenvalue weighted by molar-refractivity contribution is 0.0945. The molecular formula is C16H17N5O2. The average molecular weight is 311 g/mol. The second kappa shape index (κ2) is 5.83. The van der Waals surface area contributed by atoms with Crippen molar-refractivity contribution in [2.75, 3.05) is 6.54 Å². The van der Waals surface area contributed by atoms with Gasteiger partial charge in [0, 0.05) is 18.9 Å². The minimum atomic E-state index is -0.232. The number of rotatable bonds is 5. The first-order valence-electron chi connectivity index (χ1n) is 7.85. The van der Waals surface area contributed by atoms with Crippen LogP contribution in [0.4, 0.5) is 0 Å². The molecular weight excluding hydrogens is 294 g/mol. The Balaban J connectivity index is 1.33. The topological polar surface area (TPSA) is 96.7 Å². The molecule has 2 N–H and O–H groups in total. The molecule has 1 fully saturated rings. The van der Waals surface area contributed by atoms with Crippen LogP contribution >= 0.6 is 0 Å². The van der Waals surface area contributed by atoms with Gasteiger partial charge in [-0.1, -0.05) is 23.7 Å². The zero-order chi connectivity index (χ0) is 15.6. The summed E-state index contributed by atoms with van der Waals surface area (Å²) in [5.41, 5.74) is 1.63. The highest BCUT2D eigenvalue weighted by Gasteiger charge is 2.25. The van der Waals surface area contributed by atoms with Gasteiger partial charge in [-0.05, 0) is 25.0 Å². The highest BCUT2D eigenvalue weighted by Crippen LogP contribution is 2.35. The van der Waals surface area contributed by atoms with Gasteiger partial charge in [-0.2, -0.15) is 4.98 Å². The van der Waals surface area contributed by atoms with Crippen molar-refractivity contribution in [1.82, 2.24) is 25.4 Å². The SMILES string of the molecule is O=C(NCCc1noc(C2CCC2)n1)c1nc2ccccc2[nH]1. The number of amides is 1. The summed E-state index contributed by atoms with van der Waals surface area (Å²) in [6.07, 6.45) is 4.03. The Morgan fingerprint density at radius 3 is 2.96 bits per heavy atom. The van der Waals surface area contributed by atoms with Gasteiger partial charge in [0.05, 0.1) is 11.0 Å². The molecule has 0 saturated heterocycles. The lowest BCUT2D eigenvalue weighted by Gasteiger charge is -2.20. The molecule has 1 aliphatic carbocycles. The number of benzene rings is 1. The lowest BCUT2D eigenvalue weighted by atomic mass is 9.85. The first-order valence-corrected chi connectivity index (χ1v) is 7.85. The summed E-state index contributed by atoms with van der Waals surface area (Å²) in [6, 6.07) is 7.54. The molecule has 7 heteroatoms. The Labute approximate surface area is 132 Å². The molecule has 1 saturated carbocycles. The molecule has 3 aromatic rings. The third-order valence-corrected chi connectivity index (χ3v) is 4.18. The monoisotopic (exact) mass is 311 g/mol. The zero-order valence-electron chi connectivity index (χ0n) is 12.6. The van der Waals surface area contributed by atoms with Gasteiger partial charge < -0.3 is 14.8 Å². The van der Waals surface area contributed by atoms with E-state index in [9.17, 15) is 4.79 Å². The fourth-order valence-corrected chi connectivity index (χ4v) is 2.62. The fraction of sp³-hybridized carbons (Fsp3) is 0.375. The van der Waals surface area contributed by atoms with E-state index in [-0.39, 0.29) is 5.91 Å². The van der Waals surface area contributed by atoms with Gasteiger partial charge in [0.25, 0.3) is 5.91 Å². The van der Waals surface area contributed by atoms with Crippen LogP contribution in [-0.4, -0.2) is 32.6 Å². The molecule has 23 heavy (non-hydrogen) atoms. The number of hydrogen-bond acceptors (Lipinski definition) is 5. The number of carbonyl (C=O) groups excluding carboxylic acids is 1. The molecule has 1 amide bonds. The molecule has 0 radical (unpaired) electrons. The first-order chi connectivity index (χ1) is 11.3. The summed E-state index contributed by atoms with van der Waals surface area (Å²) >= 11 is 0. The van der Waals surface area contributed by atoms with Gasteiger partial charge in [-0.3, -0.25) is 4.79 Å². The van der Waals surface area contributed by atoms with E-state index in [1.807, 2.05) is 24.3 Å².